The maximum Gasteiger partial charge on any atom is 0.282 e. The number of aryl methyl sites for hydroxylation is 1. The molecule has 0 saturated heterocycles. The van der Waals surface area contributed by atoms with E-state index >= 15 is 0 Å². The predicted molar refractivity (Wildman–Crippen MR) is 136 cm³/mol. The molecule has 2 aromatic carbocycles. The van der Waals surface area contributed by atoms with E-state index in [1.165, 1.54) is 18.5 Å². The number of phenols is 1. The molecular weight excluding hydrogens is 481 g/mol. The van der Waals surface area contributed by atoms with Crippen LogP contribution in [0, 0.1) is 12.7 Å². The lowest BCUT2D eigenvalue weighted by Gasteiger charge is -2.21. The Morgan fingerprint density at radius 1 is 1.14 bits per heavy atom. The molecule has 3 heterocycles. The number of nitrogens with zero attached hydrogens (tertiary/aromatic N) is 5. The van der Waals surface area contributed by atoms with E-state index in [1.807, 2.05) is 50.2 Å². The smallest absolute Gasteiger partial charge is 0.282 e. The quantitative estimate of drug-likeness (QED) is 0.313. The van der Waals surface area contributed by atoms with Crippen molar-refractivity contribution in [3.8, 4) is 11.4 Å². The van der Waals surface area contributed by atoms with Gasteiger partial charge in [-0.25, -0.2) is 18.9 Å². The van der Waals surface area contributed by atoms with Gasteiger partial charge in [0.1, 0.15) is 23.5 Å². The number of nitrogens with one attached hydrogen (secondary N) is 1. The summed E-state index contributed by atoms with van der Waals surface area (Å²) < 4.78 is 17.1. The van der Waals surface area contributed by atoms with E-state index in [0.29, 0.717) is 32.6 Å². The minimum atomic E-state index is -0.746. The number of halogens is 1. The molecule has 9 nitrogen and oxygen atoms in total. The average Bonchev–Trinajstić information content (AvgIpc) is 3.24. The van der Waals surface area contributed by atoms with Crippen LogP contribution in [0.4, 0.5) is 16.0 Å². The first-order valence-electron chi connectivity index (χ1n) is 11.0. The van der Waals surface area contributed by atoms with Crippen molar-refractivity contribution in [2.24, 2.45) is 0 Å². The topological polar surface area (TPSA) is 123 Å². The molecule has 1 atom stereocenters. The number of aromatic nitrogens is 5. The van der Waals surface area contributed by atoms with E-state index < -0.39 is 17.6 Å². The number of para-hydroxylation sites is 1. The van der Waals surface area contributed by atoms with Gasteiger partial charge < -0.3 is 16.2 Å². The van der Waals surface area contributed by atoms with Crippen molar-refractivity contribution in [2.75, 3.05) is 11.1 Å². The molecule has 0 radical (unpaired) electrons. The normalized spacial score (nSPS) is 12.1. The molecule has 1 unspecified atom stereocenters. The molecule has 0 fully saturated rings. The van der Waals surface area contributed by atoms with Gasteiger partial charge in [-0.2, -0.15) is 5.10 Å². The number of nitrogen functional groups attached to an aromatic ring is 1. The third kappa shape index (κ3) is 4.24. The minimum Gasteiger partial charge on any atom is -0.505 e. The number of rotatable bonds is 6. The Bertz CT molecular complexity index is 1640. The number of nitrogens with two attached hydrogens (primary N) is 1. The summed E-state index contributed by atoms with van der Waals surface area (Å²) in [7, 11) is 0. The van der Waals surface area contributed by atoms with Crippen molar-refractivity contribution < 1.29 is 9.50 Å². The Morgan fingerprint density at radius 3 is 2.67 bits per heavy atom. The second-order valence-corrected chi connectivity index (χ2v) is 9.23. The molecule has 5 aromatic rings. The lowest BCUT2D eigenvalue weighted by molar-refractivity contribution is 0.431. The molecule has 5 rings (SSSR count). The third-order valence-corrected chi connectivity index (χ3v) is 6.73. The lowest BCUT2D eigenvalue weighted by Crippen LogP contribution is -2.29. The van der Waals surface area contributed by atoms with Gasteiger partial charge in [0, 0.05) is 11.1 Å². The van der Waals surface area contributed by atoms with Gasteiger partial charge in [-0.3, -0.25) is 9.36 Å². The van der Waals surface area contributed by atoms with Crippen molar-refractivity contribution in [2.45, 2.75) is 29.7 Å². The highest BCUT2D eigenvalue weighted by Crippen LogP contribution is 2.38. The highest BCUT2D eigenvalue weighted by molar-refractivity contribution is 7.99. The molecule has 0 saturated carbocycles. The SMILES string of the molecule is Cc1ccn2nc(C(C)Nc3ncnc(N)c3Sc3ccc(O)c(F)c3)n(-c3ccccc3)c(=O)c12. The zero-order valence-electron chi connectivity index (χ0n) is 19.4. The number of hydrogen-bond acceptors (Lipinski definition) is 8. The fourth-order valence-corrected chi connectivity index (χ4v) is 4.77. The minimum absolute atomic E-state index is 0.196. The molecule has 0 bridgehead atoms. The van der Waals surface area contributed by atoms with E-state index in [1.54, 1.807) is 21.3 Å². The fraction of sp³-hybridized carbons (Fsp3) is 0.120. The summed E-state index contributed by atoms with van der Waals surface area (Å²) in [6.45, 7) is 3.73. The Balaban J connectivity index is 1.58. The van der Waals surface area contributed by atoms with E-state index in [9.17, 15) is 14.3 Å². The van der Waals surface area contributed by atoms with Crippen LogP contribution in [0.3, 0.4) is 0 Å². The van der Waals surface area contributed by atoms with E-state index in [4.69, 9.17) is 10.8 Å². The van der Waals surface area contributed by atoms with Crippen LogP contribution in [0.2, 0.25) is 0 Å². The molecule has 3 aromatic heterocycles. The summed E-state index contributed by atoms with van der Waals surface area (Å²) in [5, 5.41) is 17.5. The van der Waals surface area contributed by atoms with Gasteiger partial charge in [-0.05, 0) is 55.8 Å². The van der Waals surface area contributed by atoms with Crippen LogP contribution < -0.4 is 16.6 Å². The summed E-state index contributed by atoms with van der Waals surface area (Å²) in [5.74, 6) is -0.138. The first kappa shape index (κ1) is 23.4. The van der Waals surface area contributed by atoms with E-state index in [2.05, 4.69) is 15.3 Å². The molecule has 4 N–H and O–H groups in total. The van der Waals surface area contributed by atoms with Gasteiger partial charge in [-0.1, -0.05) is 30.0 Å². The number of benzene rings is 2. The van der Waals surface area contributed by atoms with Crippen LogP contribution in [0.15, 0.2) is 81.7 Å². The number of anilines is 2. The largest absolute Gasteiger partial charge is 0.505 e. The molecule has 0 spiro atoms. The van der Waals surface area contributed by atoms with Crippen LogP contribution >= 0.6 is 11.8 Å². The van der Waals surface area contributed by atoms with Crippen molar-refractivity contribution in [3.05, 3.63) is 94.7 Å². The van der Waals surface area contributed by atoms with Gasteiger partial charge in [0.15, 0.2) is 17.4 Å². The molecule has 0 aliphatic heterocycles. The highest BCUT2D eigenvalue weighted by Gasteiger charge is 2.22. The molecule has 0 amide bonds. The first-order valence-corrected chi connectivity index (χ1v) is 11.8. The van der Waals surface area contributed by atoms with Crippen LogP contribution in [0.1, 0.15) is 24.4 Å². The molecule has 0 aliphatic carbocycles. The summed E-state index contributed by atoms with van der Waals surface area (Å²) in [6.07, 6.45) is 3.07. The Labute approximate surface area is 209 Å². The summed E-state index contributed by atoms with van der Waals surface area (Å²) >= 11 is 1.15. The molecule has 36 heavy (non-hydrogen) atoms. The maximum absolute atomic E-state index is 13.9. The van der Waals surface area contributed by atoms with Crippen molar-refractivity contribution in [3.63, 3.8) is 0 Å². The number of hydrogen-bond donors (Lipinski definition) is 3. The highest BCUT2D eigenvalue weighted by atomic mass is 32.2. The zero-order chi connectivity index (χ0) is 25.4. The van der Waals surface area contributed by atoms with Gasteiger partial charge >= 0.3 is 0 Å². The van der Waals surface area contributed by atoms with Crippen LogP contribution in [-0.2, 0) is 0 Å². The second kappa shape index (κ2) is 9.34. The van der Waals surface area contributed by atoms with Gasteiger partial charge in [0.25, 0.3) is 5.56 Å². The Hall–Kier alpha value is -4.38. The molecular formula is C25H22FN7O2S. The third-order valence-electron chi connectivity index (χ3n) is 5.64. The molecule has 11 heteroatoms. The van der Waals surface area contributed by atoms with Gasteiger partial charge in [0.2, 0.25) is 0 Å². The lowest BCUT2D eigenvalue weighted by atomic mass is 10.2. The number of phenolic OH excluding ortho intramolecular Hbond substituents is 1. The summed E-state index contributed by atoms with van der Waals surface area (Å²) in [6, 6.07) is 14.7. The van der Waals surface area contributed by atoms with Crippen LogP contribution in [-0.4, -0.2) is 29.3 Å². The van der Waals surface area contributed by atoms with Crippen molar-refractivity contribution >= 4 is 28.9 Å². The number of fused-ring (bicyclic) bond motifs is 1. The average molecular weight is 504 g/mol. The standard InChI is InChI=1S/C25H22FN7O2S/c1-14-10-11-32-20(14)25(35)33(16-6-4-3-5-7-16)24(31-32)15(2)30-23-21(22(27)28-13-29-23)36-17-8-9-19(34)18(26)12-17/h3-13,15,34H,1-2H3,(H3,27,28,29,30). The van der Waals surface area contributed by atoms with Gasteiger partial charge in [-0.15, -0.1) is 0 Å². The van der Waals surface area contributed by atoms with Crippen LogP contribution in [0.5, 0.6) is 5.75 Å². The second-order valence-electron chi connectivity index (χ2n) is 8.14. The monoisotopic (exact) mass is 503 g/mol. The molecule has 0 aliphatic rings. The van der Waals surface area contributed by atoms with E-state index in [-0.39, 0.29) is 11.4 Å². The summed E-state index contributed by atoms with van der Waals surface area (Å²) in [4.78, 5) is 23.0. The fourth-order valence-electron chi connectivity index (χ4n) is 3.87. The predicted octanol–water partition coefficient (Wildman–Crippen LogP) is 4.33. The summed E-state index contributed by atoms with van der Waals surface area (Å²) in [5.41, 5.74) is 7.95. The van der Waals surface area contributed by atoms with Crippen LogP contribution in [0.25, 0.3) is 11.2 Å². The van der Waals surface area contributed by atoms with Gasteiger partial charge in [0.05, 0.1) is 16.6 Å². The Morgan fingerprint density at radius 2 is 1.92 bits per heavy atom. The maximum atomic E-state index is 13.9. The first-order chi connectivity index (χ1) is 17.3. The number of aromatic hydroxyl groups is 1. The van der Waals surface area contributed by atoms with Crippen molar-refractivity contribution in [1.82, 2.24) is 24.1 Å². The Kier molecular flexibility index (Phi) is 6.06. The zero-order valence-corrected chi connectivity index (χ0v) is 20.2. The van der Waals surface area contributed by atoms with Crippen molar-refractivity contribution in [1.29, 1.82) is 0 Å². The van der Waals surface area contributed by atoms with E-state index in [0.717, 1.165) is 17.3 Å². The molecule has 182 valence electrons.